The first-order chi connectivity index (χ1) is 8.33. The van der Waals surface area contributed by atoms with Crippen molar-refractivity contribution in [2.75, 3.05) is 13.2 Å². The summed E-state index contributed by atoms with van der Waals surface area (Å²) >= 11 is 0. The van der Waals surface area contributed by atoms with Gasteiger partial charge in [0.05, 0.1) is 19.8 Å². The molecule has 0 spiro atoms. The first-order valence-electron chi connectivity index (χ1n) is 6.33. The number of rotatable bonds is 7. The minimum Gasteiger partial charge on any atom is -0.490 e. The molecule has 3 heteroatoms. The normalized spacial score (nSPS) is 14.7. The van der Waals surface area contributed by atoms with Gasteiger partial charge in [0.1, 0.15) is 0 Å². The number of benzene rings is 1. The van der Waals surface area contributed by atoms with E-state index in [1.54, 1.807) is 0 Å². The van der Waals surface area contributed by atoms with Crippen molar-refractivity contribution in [3.63, 3.8) is 0 Å². The largest absolute Gasteiger partial charge is 0.490 e. The Bertz CT molecular complexity index is 358. The Morgan fingerprint density at radius 1 is 1.24 bits per heavy atom. The third-order valence-corrected chi connectivity index (χ3v) is 2.97. The van der Waals surface area contributed by atoms with Gasteiger partial charge < -0.3 is 14.6 Å². The molecular formula is C14H20O3. The summed E-state index contributed by atoms with van der Waals surface area (Å²) in [5.74, 6) is 2.39. The summed E-state index contributed by atoms with van der Waals surface area (Å²) in [6, 6.07) is 5.59. The second-order valence-corrected chi connectivity index (χ2v) is 4.45. The van der Waals surface area contributed by atoms with E-state index in [2.05, 4.69) is 0 Å². The summed E-state index contributed by atoms with van der Waals surface area (Å²) in [7, 11) is 0. The van der Waals surface area contributed by atoms with Gasteiger partial charge >= 0.3 is 0 Å². The average Bonchev–Trinajstić information content (AvgIpc) is 3.15. The van der Waals surface area contributed by atoms with E-state index in [1.807, 2.05) is 25.1 Å². The zero-order chi connectivity index (χ0) is 12.1. The van der Waals surface area contributed by atoms with E-state index in [1.165, 1.54) is 12.8 Å². The third kappa shape index (κ3) is 3.63. The van der Waals surface area contributed by atoms with E-state index in [0.29, 0.717) is 6.61 Å². The summed E-state index contributed by atoms with van der Waals surface area (Å²) in [6.07, 6.45) is 3.84. The molecule has 1 fully saturated rings. The molecule has 1 aromatic carbocycles. The van der Waals surface area contributed by atoms with E-state index in [9.17, 15) is 0 Å². The zero-order valence-corrected chi connectivity index (χ0v) is 10.3. The molecule has 0 heterocycles. The van der Waals surface area contributed by atoms with E-state index in [0.717, 1.165) is 36.0 Å². The lowest BCUT2D eigenvalue weighted by atomic mass is 10.2. The highest BCUT2D eigenvalue weighted by Crippen LogP contribution is 2.33. The second-order valence-electron chi connectivity index (χ2n) is 4.45. The highest BCUT2D eigenvalue weighted by atomic mass is 16.5. The van der Waals surface area contributed by atoms with Gasteiger partial charge in [-0.2, -0.15) is 0 Å². The van der Waals surface area contributed by atoms with Gasteiger partial charge in [0.15, 0.2) is 11.5 Å². The molecule has 17 heavy (non-hydrogen) atoms. The highest BCUT2D eigenvalue weighted by molar-refractivity contribution is 5.42. The van der Waals surface area contributed by atoms with Crippen LogP contribution in [0.25, 0.3) is 0 Å². The Kier molecular flexibility index (Phi) is 4.26. The first-order valence-corrected chi connectivity index (χ1v) is 6.33. The van der Waals surface area contributed by atoms with Gasteiger partial charge in [0.25, 0.3) is 0 Å². The molecule has 1 aliphatic rings. The Morgan fingerprint density at radius 2 is 2.06 bits per heavy atom. The summed E-state index contributed by atoms with van der Waals surface area (Å²) in [4.78, 5) is 0. The number of aliphatic hydroxyl groups excluding tert-OH is 1. The third-order valence-electron chi connectivity index (χ3n) is 2.97. The maximum atomic E-state index is 9.08. The molecule has 0 bridgehead atoms. The van der Waals surface area contributed by atoms with Crippen LogP contribution < -0.4 is 9.47 Å². The zero-order valence-electron chi connectivity index (χ0n) is 10.3. The summed E-state index contributed by atoms with van der Waals surface area (Å²) in [6.45, 7) is 3.33. The van der Waals surface area contributed by atoms with Crippen molar-refractivity contribution in [1.82, 2.24) is 0 Å². The number of hydrogen-bond acceptors (Lipinski definition) is 3. The number of aliphatic hydroxyl groups is 1. The Labute approximate surface area is 102 Å². The smallest absolute Gasteiger partial charge is 0.161 e. The Morgan fingerprint density at radius 3 is 2.71 bits per heavy atom. The van der Waals surface area contributed by atoms with E-state index in [4.69, 9.17) is 14.6 Å². The van der Waals surface area contributed by atoms with Crippen molar-refractivity contribution in [1.29, 1.82) is 0 Å². The molecule has 1 saturated carbocycles. The summed E-state index contributed by atoms with van der Waals surface area (Å²) in [5, 5.41) is 9.08. The Hall–Kier alpha value is -1.22. The number of ether oxygens (including phenoxy) is 2. The van der Waals surface area contributed by atoms with Gasteiger partial charge in [-0.05, 0) is 37.0 Å². The molecule has 3 nitrogen and oxygen atoms in total. The van der Waals surface area contributed by atoms with Gasteiger partial charge in [-0.3, -0.25) is 0 Å². The van der Waals surface area contributed by atoms with E-state index in [-0.39, 0.29) is 6.61 Å². The molecule has 1 aromatic rings. The molecule has 1 N–H and O–H groups in total. The fraction of sp³-hybridized carbons (Fsp3) is 0.571. The topological polar surface area (TPSA) is 38.7 Å². The lowest BCUT2D eigenvalue weighted by Crippen LogP contribution is -2.02. The molecule has 1 aliphatic carbocycles. The van der Waals surface area contributed by atoms with Crippen LogP contribution in [0.3, 0.4) is 0 Å². The quantitative estimate of drug-likeness (QED) is 0.791. The fourth-order valence-electron chi connectivity index (χ4n) is 1.78. The average molecular weight is 236 g/mol. The van der Waals surface area contributed by atoms with Crippen LogP contribution in [0, 0.1) is 5.92 Å². The van der Waals surface area contributed by atoms with Crippen molar-refractivity contribution >= 4 is 0 Å². The fourth-order valence-corrected chi connectivity index (χ4v) is 1.78. The number of hydrogen-bond donors (Lipinski definition) is 1. The van der Waals surface area contributed by atoms with Crippen molar-refractivity contribution in [2.45, 2.75) is 32.8 Å². The summed E-state index contributed by atoms with van der Waals surface area (Å²) in [5.41, 5.74) is 0.850. The van der Waals surface area contributed by atoms with E-state index < -0.39 is 0 Å². The molecule has 0 atom stereocenters. The minimum atomic E-state index is 0.0302. The maximum absolute atomic E-state index is 9.08. The van der Waals surface area contributed by atoms with Crippen molar-refractivity contribution in [3.05, 3.63) is 23.8 Å². The molecule has 94 valence electrons. The monoisotopic (exact) mass is 236 g/mol. The highest BCUT2D eigenvalue weighted by Gasteiger charge is 2.21. The predicted molar refractivity (Wildman–Crippen MR) is 66.4 cm³/mol. The van der Waals surface area contributed by atoms with Gasteiger partial charge in [0.2, 0.25) is 0 Å². The lowest BCUT2D eigenvalue weighted by molar-refractivity contribution is 0.263. The SMILES string of the molecule is CCOc1cc(CO)ccc1OCCC1CC1. The van der Waals surface area contributed by atoms with Crippen LogP contribution >= 0.6 is 0 Å². The van der Waals surface area contributed by atoms with Gasteiger partial charge in [-0.15, -0.1) is 0 Å². The van der Waals surface area contributed by atoms with Crippen LogP contribution in [0.2, 0.25) is 0 Å². The molecule has 0 unspecified atom stereocenters. The van der Waals surface area contributed by atoms with Crippen molar-refractivity contribution in [3.8, 4) is 11.5 Å². The van der Waals surface area contributed by atoms with Crippen LogP contribution in [0.5, 0.6) is 11.5 Å². The molecule has 2 rings (SSSR count). The van der Waals surface area contributed by atoms with Crippen LogP contribution in [0.15, 0.2) is 18.2 Å². The standard InChI is InChI=1S/C14H20O3/c1-2-16-14-9-12(10-15)5-6-13(14)17-8-7-11-3-4-11/h5-6,9,11,15H,2-4,7-8,10H2,1H3. The van der Waals surface area contributed by atoms with Crippen LogP contribution in [0.4, 0.5) is 0 Å². The molecule has 0 radical (unpaired) electrons. The summed E-state index contributed by atoms with van der Waals surface area (Å²) < 4.78 is 11.2. The van der Waals surface area contributed by atoms with Gasteiger partial charge in [0, 0.05) is 0 Å². The predicted octanol–water partition coefficient (Wildman–Crippen LogP) is 2.76. The second kappa shape index (κ2) is 5.92. The molecule has 0 aromatic heterocycles. The van der Waals surface area contributed by atoms with Crippen LogP contribution in [-0.4, -0.2) is 18.3 Å². The maximum Gasteiger partial charge on any atom is 0.161 e. The first kappa shape index (κ1) is 12.2. The van der Waals surface area contributed by atoms with Crippen molar-refractivity contribution < 1.29 is 14.6 Å². The molecule has 0 aliphatic heterocycles. The minimum absolute atomic E-state index is 0.0302. The lowest BCUT2D eigenvalue weighted by Gasteiger charge is -2.12. The molecule has 0 saturated heterocycles. The van der Waals surface area contributed by atoms with Crippen LogP contribution in [-0.2, 0) is 6.61 Å². The van der Waals surface area contributed by atoms with Crippen LogP contribution in [0.1, 0.15) is 31.7 Å². The van der Waals surface area contributed by atoms with E-state index >= 15 is 0 Å². The van der Waals surface area contributed by atoms with Crippen molar-refractivity contribution in [2.24, 2.45) is 5.92 Å². The molecular weight excluding hydrogens is 216 g/mol. The Balaban J connectivity index is 1.96. The van der Waals surface area contributed by atoms with Gasteiger partial charge in [-0.25, -0.2) is 0 Å². The molecule has 0 amide bonds. The van der Waals surface area contributed by atoms with Gasteiger partial charge in [-0.1, -0.05) is 18.9 Å².